The van der Waals surface area contributed by atoms with Gasteiger partial charge in [-0.2, -0.15) is 0 Å². The highest BCUT2D eigenvalue weighted by molar-refractivity contribution is 8.00. The Balaban J connectivity index is 1.35. The topological polar surface area (TPSA) is 65.5 Å². The van der Waals surface area contributed by atoms with Crippen LogP contribution in [0.25, 0.3) is 10.2 Å². The first kappa shape index (κ1) is 22.0. The fourth-order valence-corrected chi connectivity index (χ4v) is 5.58. The van der Waals surface area contributed by atoms with E-state index in [0.29, 0.717) is 47.6 Å². The van der Waals surface area contributed by atoms with Crippen LogP contribution >= 0.6 is 23.3 Å². The minimum absolute atomic E-state index is 0.00600. The molecule has 31 heavy (non-hydrogen) atoms. The van der Waals surface area contributed by atoms with Crippen molar-refractivity contribution in [2.45, 2.75) is 43.6 Å². The molecule has 0 unspecified atom stereocenters. The molecule has 0 spiro atoms. The SMILES string of the molecule is CC(C)CC1(O)CCN(C(=O)c2ccc(NSc3ccc(F)c4scnc34)cc2)CC1. The summed E-state index contributed by atoms with van der Waals surface area (Å²) >= 11 is 2.65. The lowest BCUT2D eigenvalue weighted by molar-refractivity contribution is -0.0311. The van der Waals surface area contributed by atoms with Crippen molar-refractivity contribution >= 4 is 45.1 Å². The molecule has 1 aliphatic heterocycles. The zero-order valence-electron chi connectivity index (χ0n) is 17.6. The summed E-state index contributed by atoms with van der Waals surface area (Å²) < 4.78 is 17.6. The number of halogens is 1. The van der Waals surface area contributed by atoms with Crippen molar-refractivity contribution in [2.75, 3.05) is 17.8 Å². The number of aromatic nitrogens is 1. The van der Waals surface area contributed by atoms with Gasteiger partial charge in [-0.3, -0.25) is 4.79 Å². The largest absolute Gasteiger partial charge is 0.390 e. The first-order valence-electron chi connectivity index (χ1n) is 10.4. The average molecular weight is 460 g/mol. The standard InChI is InChI=1S/C23H26FN3O2S2/c1-15(2)13-23(29)9-11-27(12-10-23)22(28)16-3-5-17(6-4-16)26-31-19-8-7-18(24)21-20(19)25-14-30-21/h3-8,14-15,26,29H,9-13H2,1-2H3. The number of rotatable bonds is 6. The van der Waals surface area contributed by atoms with Crippen molar-refractivity contribution < 1.29 is 14.3 Å². The van der Waals surface area contributed by atoms with Crippen LogP contribution in [0.1, 0.15) is 43.5 Å². The van der Waals surface area contributed by atoms with E-state index in [-0.39, 0.29) is 11.7 Å². The van der Waals surface area contributed by atoms with Gasteiger partial charge in [-0.05, 0) is 73.5 Å². The van der Waals surface area contributed by atoms with Crippen LogP contribution in [0.4, 0.5) is 10.1 Å². The second-order valence-electron chi connectivity index (χ2n) is 8.47. The number of nitrogens with zero attached hydrogens (tertiary/aromatic N) is 2. The number of fused-ring (bicyclic) bond motifs is 1. The van der Waals surface area contributed by atoms with E-state index in [0.717, 1.165) is 17.0 Å². The van der Waals surface area contributed by atoms with Gasteiger partial charge in [0, 0.05) is 24.3 Å². The van der Waals surface area contributed by atoms with Gasteiger partial charge in [0.05, 0.1) is 26.2 Å². The van der Waals surface area contributed by atoms with E-state index in [1.807, 2.05) is 29.2 Å². The number of benzene rings is 2. The lowest BCUT2D eigenvalue weighted by Crippen LogP contribution is -2.47. The number of nitrogens with one attached hydrogen (secondary N) is 1. The third-order valence-electron chi connectivity index (χ3n) is 5.58. The van der Waals surface area contributed by atoms with Crippen LogP contribution in [0.2, 0.25) is 0 Å². The van der Waals surface area contributed by atoms with Gasteiger partial charge in [0.1, 0.15) is 5.82 Å². The van der Waals surface area contributed by atoms with Crippen LogP contribution < -0.4 is 4.72 Å². The van der Waals surface area contributed by atoms with Gasteiger partial charge in [0.15, 0.2) is 0 Å². The zero-order valence-corrected chi connectivity index (χ0v) is 19.2. The Morgan fingerprint density at radius 2 is 1.97 bits per heavy atom. The number of piperidine rings is 1. The minimum Gasteiger partial charge on any atom is -0.390 e. The van der Waals surface area contributed by atoms with E-state index in [2.05, 4.69) is 23.6 Å². The molecular weight excluding hydrogens is 433 g/mol. The smallest absolute Gasteiger partial charge is 0.253 e. The molecule has 1 fully saturated rings. The summed E-state index contributed by atoms with van der Waals surface area (Å²) in [7, 11) is 0. The van der Waals surface area contributed by atoms with Crippen molar-refractivity contribution in [1.29, 1.82) is 0 Å². The molecular formula is C23H26FN3O2S2. The molecule has 164 valence electrons. The molecule has 3 aromatic rings. The molecule has 0 radical (unpaired) electrons. The van der Waals surface area contributed by atoms with E-state index >= 15 is 0 Å². The number of hydrogen-bond donors (Lipinski definition) is 2. The summed E-state index contributed by atoms with van der Waals surface area (Å²) in [6.45, 7) is 5.37. The number of amides is 1. The highest BCUT2D eigenvalue weighted by Crippen LogP contribution is 2.32. The number of likely N-dealkylation sites (tertiary alicyclic amines) is 1. The fourth-order valence-electron chi connectivity index (χ4n) is 4.04. The molecule has 1 aromatic heterocycles. The summed E-state index contributed by atoms with van der Waals surface area (Å²) in [5.74, 6) is 0.172. The van der Waals surface area contributed by atoms with Crippen LogP contribution in [0.15, 0.2) is 46.8 Å². The average Bonchev–Trinajstić information content (AvgIpc) is 3.24. The van der Waals surface area contributed by atoms with Crippen LogP contribution in [-0.4, -0.2) is 39.6 Å². The summed E-state index contributed by atoms with van der Waals surface area (Å²) in [4.78, 5) is 19.8. The number of hydrogen-bond acceptors (Lipinski definition) is 6. The van der Waals surface area contributed by atoms with Gasteiger partial charge in [-0.1, -0.05) is 13.8 Å². The molecule has 2 aromatic carbocycles. The van der Waals surface area contributed by atoms with E-state index in [4.69, 9.17) is 0 Å². The van der Waals surface area contributed by atoms with Gasteiger partial charge in [-0.25, -0.2) is 9.37 Å². The van der Waals surface area contributed by atoms with Crippen molar-refractivity contribution in [3.8, 4) is 0 Å². The van der Waals surface area contributed by atoms with Crippen LogP contribution in [-0.2, 0) is 0 Å². The van der Waals surface area contributed by atoms with Crippen molar-refractivity contribution in [3.05, 3.63) is 53.3 Å². The number of thiazole rings is 1. The molecule has 0 bridgehead atoms. The molecule has 0 saturated carbocycles. The maximum Gasteiger partial charge on any atom is 0.253 e. The monoisotopic (exact) mass is 459 g/mol. The third-order valence-corrected chi connectivity index (χ3v) is 7.30. The number of aliphatic hydroxyl groups is 1. The summed E-state index contributed by atoms with van der Waals surface area (Å²) in [5, 5.41) is 10.7. The number of carbonyl (C=O) groups is 1. The molecule has 0 aliphatic carbocycles. The van der Waals surface area contributed by atoms with Gasteiger partial charge >= 0.3 is 0 Å². The van der Waals surface area contributed by atoms with Crippen molar-refractivity contribution in [3.63, 3.8) is 0 Å². The maximum absolute atomic E-state index is 13.8. The van der Waals surface area contributed by atoms with E-state index < -0.39 is 5.60 Å². The van der Waals surface area contributed by atoms with Gasteiger partial charge in [0.2, 0.25) is 0 Å². The van der Waals surface area contributed by atoms with Crippen LogP contribution in [0, 0.1) is 11.7 Å². The Morgan fingerprint density at radius 1 is 1.26 bits per heavy atom. The molecule has 2 heterocycles. The van der Waals surface area contributed by atoms with Gasteiger partial charge in [0.25, 0.3) is 5.91 Å². The van der Waals surface area contributed by atoms with Crippen molar-refractivity contribution in [2.24, 2.45) is 5.92 Å². The second kappa shape index (κ2) is 9.14. The molecule has 1 saturated heterocycles. The van der Waals surface area contributed by atoms with E-state index in [9.17, 15) is 14.3 Å². The predicted octanol–water partition coefficient (Wildman–Crippen LogP) is 5.57. The Morgan fingerprint density at radius 3 is 2.65 bits per heavy atom. The molecule has 2 N–H and O–H groups in total. The van der Waals surface area contributed by atoms with Gasteiger partial charge in [-0.15, -0.1) is 11.3 Å². The molecule has 4 rings (SSSR count). The summed E-state index contributed by atoms with van der Waals surface area (Å²) in [6, 6.07) is 10.5. The lowest BCUT2D eigenvalue weighted by atomic mass is 9.84. The fraction of sp³-hybridized carbons (Fsp3) is 0.391. The van der Waals surface area contributed by atoms with E-state index in [1.165, 1.54) is 29.4 Å². The Labute approximate surface area is 189 Å². The van der Waals surface area contributed by atoms with Crippen LogP contribution in [0.3, 0.4) is 0 Å². The lowest BCUT2D eigenvalue weighted by Gasteiger charge is -2.39. The minimum atomic E-state index is -0.654. The normalized spacial score (nSPS) is 16.1. The van der Waals surface area contributed by atoms with Crippen LogP contribution in [0.5, 0.6) is 0 Å². The molecule has 8 heteroatoms. The predicted molar refractivity (Wildman–Crippen MR) is 125 cm³/mol. The quantitative estimate of drug-likeness (QED) is 0.472. The number of anilines is 1. The zero-order chi connectivity index (χ0) is 22.0. The Kier molecular flexibility index (Phi) is 6.50. The first-order chi connectivity index (χ1) is 14.8. The third kappa shape index (κ3) is 5.02. The number of carbonyl (C=O) groups excluding carboxylic acids is 1. The Hall–Kier alpha value is -2.16. The summed E-state index contributed by atoms with van der Waals surface area (Å²) in [5.41, 5.74) is 3.12. The first-order valence-corrected chi connectivity index (χ1v) is 12.1. The maximum atomic E-state index is 13.8. The molecule has 1 amide bonds. The van der Waals surface area contributed by atoms with Crippen molar-refractivity contribution in [1.82, 2.24) is 9.88 Å². The second-order valence-corrected chi connectivity index (χ2v) is 10.2. The molecule has 1 aliphatic rings. The highest BCUT2D eigenvalue weighted by atomic mass is 32.2. The van der Waals surface area contributed by atoms with E-state index in [1.54, 1.807) is 11.6 Å². The van der Waals surface area contributed by atoms with Gasteiger partial charge < -0.3 is 14.7 Å². The highest BCUT2D eigenvalue weighted by Gasteiger charge is 2.34. The molecule has 5 nitrogen and oxygen atoms in total. The molecule has 0 atom stereocenters. The summed E-state index contributed by atoms with van der Waals surface area (Å²) in [6.07, 6.45) is 2.01. The Bertz CT molecular complexity index is 1060.